The van der Waals surface area contributed by atoms with Gasteiger partial charge in [-0.25, -0.2) is 4.98 Å². The Kier molecular flexibility index (Phi) is 11.1. The second-order valence-electron chi connectivity index (χ2n) is 25.9. The SMILES string of the molecule is [2H]c1c([2H])c([2H])c(-c2cc3c4c(c2)n(-c2cccc(Oc5ccc6c7ccccc7n(-c7cc(C(C)(C)C)ccn7)c6c5)c2)[c-][n+]4-c2c(cc(C([2H])([2H])C(C)(C)C)cc2-c2c([2H])c([2H])c([2H])c([2H])c2[2H])-c2cc([Si](c4ccccc4)(c4ccccc4)c4ccccc4)ccc2-c2ccccc2-3)c([2H])c1[2H]. The lowest BCUT2D eigenvalue weighted by Crippen LogP contribution is -2.74. The van der Waals surface area contributed by atoms with Crippen LogP contribution in [0.3, 0.4) is 0 Å². The van der Waals surface area contributed by atoms with Crippen LogP contribution in [0.25, 0.3) is 106 Å². The van der Waals surface area contributed by atoms with Crippen molar-refractivity contribution in [3.05, 3.63) is 321 Å². The first-order valence-electron chi connectivity index (χ1n) is 37.3. The highest BCUT2D eigenvalue weighted by molar-refractivity contribution is 7.20. The van der Waals surface area contributed by atoms with E-state index in [1.807, 2.05) is 145 Å². The van der Waals surface area contributed by atoms with E-state index >= 15 is 0 Å². The minimum Gasteiger partial charge on any atom is -0.458 e. The molecule has 15 aromatic rings. The first-order chi connectivity index (χ1) is 50.3. The van der Waals surface area contributed by atoms with Gasteiger partial charge in [0.25, 0.3) is 6.33 Å². The van der Waals surface area contributed by atoms with Gasteiger partial charge in [-0.3, -0.25) is 13.7 Å². The van der Waals surface area contributed by atoms with E-state index in [0.29, 0.717) is 61.7 Å². The summed E-state index contributed by atoms with van der Waals surface area (Å²) in [7, 11) is -3.43. The highest BCUT2D eigenvalue weighted by Crippen LogP contribution is 2.48. The van der Waals surface area contributed by atoms with E-state index in [9.17, 15) is 11.0 Å². The first kappa shape index (κ1) is 45.3. The number of ether oxygens (including phenoxy) is 1. The summed E-state index contributed by atoms with van der Waals surface area (Å²) in [6.45, 7) is 12.0. The zero-order valence-corrected chi connectivity index (χ0v) is 53.3. The number of hydrogen-bond donors (Lipinski definition) is 0. The van der Waals surface area contributed by atoms with E-state index in [2.05, 4.69) is 147 Å². The summed E-state index contributed by atoms with van der Waals surface area (Å²) >= 11 is 0. The Morgan fingerprint density at radius 1 is 0.462 bits per heavy atom. The van der Waals surface area contributed by atoms with Gasteiger partial charge in [-0.05, 0) is 159 Å². The van der Waals surface area contributed by atoms with Crippen LogP contribution < -0.4 is 30.1 Å². The fraction of sp³-hybridized carbons (Fsp3) is 0.103. The van der Waals surface area contributed by atoms with Gasteiger partial charge in [0, 0.05) is 25.8 Å². The van der Waals surface area contributed by atoms with E-state index in [1.54, 1.807) is 12.1 Å². The third kappa shape index (κ3) is 10.1. The number of hydrogen-bond acceptors (Lipinski definition) is 2. The number of benzene rings is 12. The molecule has 0 radical (unpaired) electrons. The molecule has 0 bridgehead atoms. The number of fused-ring (bicyclic) bond motifs is 10. The first-order valence-corrected chi connectivity index (χ1v) is 33.3. The van der Waals surface area contributed by atoms with Crippen LogP contribution >= 0.6 is 0 Å². The van der Waals surface area contributed by atoms with E-state index < -0.39 is 80.3 Å². The van der Waals surface area contributed by atoms with Crippen molar-refractivity contribution in [3.63, 3.8) is 0 Å². The number of pyridine rings is 1. The molecule has 0 saturated carbocycles. The van der Waals surface area contributed by atoms with Gasteiger partial charge in [-0.2, -0.15) is 0 Å². The third-order valence-electron chi connectivity index (χ3n) is 17.8. The molecular formula is C87H70N4OSi. The Balaban J connectivity index is 1.05. The van der Waals surface area contributed by atoms with Crippen molar-refractivity contribution in [1.82, 2.24) is 14.1 Å². The smallest absolute Gasteiger partial charge is 0.269 e. The lowest BCUT2D eigenvalue weighted by atomic mass is 9.83. The Hall–Kier alpha value is -10.9. The molecule has 0 atom stereocenters. The Bertz CT molecular complexity index is 5930. The van der Waals surface area contributed by atoms with Crippen LogP contribution in [0.5, 0.6) is 11.5 Å². The van der Waals surface area contributed by atoms with Crippen molar-refractivity contribution in [1.29, 1.82) is 0 Å². The van der Waals surface area contributed by atoms with Gasteiger partial charge in [-0.15, -0.1) is 0 Å². The van der Waals surface area contributed by atoms with Crippen LogP contribution in [-0.4, -0.2) is 22.2 Å². The minimum absolute atomic E-state index is 0.0515. The van der Waals surface area contributed by atoms with Crippen LogP contribution in [-0.2, 0) is 11.8 Å². The maximum Gasteiger partial charge on any atom is 0.269 e. The fourth-order valence-electron chi connectivity index (χ4n) is 13.8. The standard InChI is InChI=1S/C87H70N4OSi/c1-86(2,3)57-59-49-76(61-29-14-8-15-30-61)84-78(50-59)77-56-70(93(67-33-16-9-17-34-67,68-35-18-10-19-36-68)69-37-20-11-21-38-69)44-46-73(77)71-39-22-23-40-72(71)79-51-62(60-27-12-7-13-28-60)52-82-85(79)90(84)58-89(82)64-31-26-32-65(54-64)92-66-43-45-75-74-41-24-25-42-80(74)91(81(75)55-66)83-53-63(47-48-88-83)87(4,5)6/h7-56H,57H2,1-6H3/i7D,8D,12D,13D,14D,15D,27D,28D,29D,30D,57D2. The summed E-state index contributed by atoms with van der Waals surface area (Å²) in [5, 5.41) is 6.28. The Labute approximate surface area is 562 Å². The van der Waals surface area contributed by atoms with Crippen LogP contribution in [0.1, 0.15) is 69.1 Å². The van der Waals surface area contributed by atoms with Crippen molar-refractivity contribution in [2.75, 3.05) is 0 Å². The molecule has 16 rings (SSSR count). The molecule has 0 N–H and O–H groups in total. The molecule has 0 unspecified atom stereocenters. The molecule has 6 heteroatoms. The molecule has 93 heavy (non-hydrogen) atoms. The highest BCUT2D eigenvalue weighted by Gasteiger charge is 2.42. The van der Waals surface area contributed by atoms with Crippen molar-refractivity contribution >= 4 is 61.7 Å². The van der Waals surface area contributed by atoms with Crippen LogP contribution in [0.4, 0.5) is 0 Å². The van der Waals surface area contributed by atoms with Gasteiger partial charge >= 0.3 is 0 Å². The van der Waals surface area contributed by atoms with E-state index in [0.717, 1.165) is 59.5 Å². The molecule has 12 aromatic carbocycles. The van der Waals surface area contributed by atoms with E-state index in [4.69, 9.17) is 15.2 Å². The lowest BCUT2D eigenvalue weighted by molar-refractivity contribution is -0.570. The summed E-state index contributed by atoms with van der Waals surface area (Å²) in [6, 6.07) is 73.7. The van der Waals surface area contributed by atoms with Crippen molar-refractivity contribution in [2.24, 2.45) is 5.41 Å². The molecule has 5 nitrogen and oxygen atoms in total. The molecule has 0 spiro atoms. The lowest BCUT2D eigenvalue weighted by Gasteiger charge is -2.35. The molecule has 448 valence electrons. The Morgan fingerprint density at radius 3 is 1.74 bits per heavy atom. The molecule has 4 heterocycles. The Morgan fingerprint density at radius 2 is 1.06 bits per heavy atom. The topological polar surface area (TPSA) is 35.9 Å². The molecule has 3 aromatic heterocycles. The van der Waals surface area contributed by atoms with Gasteiger partial charge in [0.2, 0.25) is 0 Å². The number of nitrogens with zero attached hydrogens (tertiary/aromatic N) is 4. The van der Waals surface area contributed by atoms with Gasteiger partial charge < -0.3 is 4.74 Å². The van der Waals surface area contributed by atoms with Gasteiger partial charge in [0.1, 0.15) is 17.3 Å². The summed E-state index contributed by atoms with van der Waals surface area (Å²) in [6.07, 6.45) is 3.49. The molecular weight excluding hydrogens is 1150 g/mol. The molecule has 1 aliphatic rings. The van der Waals surface area contributed by atoms with E-state index in [1.165, 1.54) is 0 Å². The van der Waals surface area contributed by atoms with Crippen molar-refractivity contribution in [2.45, 2.75) is 53.3 Å². The average Bonchev–Trinajstić information content (AvgIpc) is 1.63. The number of imidazole rings is 1. The van der Waals surface area contributed by atoms with Crippen molar-refractivity contribution in [3.8, 4) is 84.3 Å². The quantitative estimate of drug-likeness (QED) is 0.0560. The summed E-state index contributed by atoms with van der Waals surface area (Å²) in [5.41, 5.74) is 7.42. The zero-order valence-electron chi connectivity index (χ0n) is 64.3. The van der Waals surface area contributed by atoms with Gasteiger partial charge in [0.05, 0.1) is 47.1 Å². The van der Waals surface area contributed by atoms with Crippen LogP contribution in [0.15, 0.2) is 303 Å². The highest BCUT2D eigenvalue weighted by atomic mass is 28.3. The van der Waals surface area contributed by atoms with E-state index in [-0.39, 0.29) is 33.2 Å². The van der Waals surface area contributed by atoms with Crippen LogP contribution in [0.2, 0.25) is 0 Å². The summed E-state index contributed by atoms with van der Waals surface area (Å²) in [5.74, 6) is 1.71. The molecule has 0 amide bonds. The zero-order chi connectivity index (χ0) is 73.5. The maximum atomic E-state index is 10.3. The van der Waals surface area contributed by atoms with Crippen molar-refractivity contribution < 1.29 is 25.8 Å². The summed E-state index contributed by atoms with van der Waals surface area (Å²) in [4.78, 5) is 4.92. The monoisotopic (exact) mass is 1230 g/mol. The number of rotatable bonds is 11. The average molecular weight is 1230 g/mol. The number of para-hydroxylation sites is 1. The predicted molar refractivity (Wildman–Crippen MR) is 389 cm³/mol. The van der Waals surface area contributed by atoms with Gasteiger partial charge in [0.15, 0.2) is 8.07 Å². The summed E-state index contributed by atoms with van der Waals surface area (Å²) < 4.78 is 127. The fourth-order valence-corrected chi connectivity index (χ4v) is 18.6. The molecule has 1 aliphatic heterocycles. The molecule has 0 saturated heterocycles. The predicted octanol–water partition coefficient (Wildman–Crippen LogP) is 18.9. The normalized spacial score (nSPS) is 14.2. The molecule has 0 aliphatic carbocycles. The third-order valence-corrected chi connectivity index (χ3v) is 22.6. The second-order valence-corrected chi connectivity index (χ2v) is 29.7. The second kappa shape index (κ2) is 22.8. The molecule has 0 fully saturated rings. The largest absolute Gasteiger partial charge is 0.458 e. The van der Waals surface area contributed by atoms with Crippen LogP contribution in [0, 0.1) is 11.7 Å². The number of aromatic nitrogens is 4. The minimum atomic E-state index is -3.43. The van der Waals surface area contributed by atoms with Gasteiger partial charge in [-0.1, -0.05) is 278 Å². The maximum absolute atomic E-state index is 10.3.